The van der Waals surface area contributed by atoms with E-state index < -0.39 is 17.8 Å². The summed E-state index contributed by atoms with van der Waals surface area (Å²) in [6, 6.07) is 13.2. The fourth-order valence-corrected chi connectivity index (χ4v) is 2.48. The van der Waals surface area contributed by atoms with Gasteiger partial charge in [-0.15, -0.1) is 0 Å². The predicted molar refractivity (Wildman–Crippen MR) is 87.6 cm³/mol. The summed E-state index contributed by atoms with van der Waals surface area (Å²) >= 11 is 0. The van der Waals surface area contributed by atoms with E-state index in [2.05, 4.69) is 0 Å². The molecule has 3 rings (SSSR count). The van der Waals surface area contributed by atoms with Crippen molar-refractivity contribution in [2.75, 3.05) is 12.0 Å². The first-order chi connectivity index (χ1) is 11.5. The SMILES string of the molecule is COc1ccc(N2C(=O)C(=O)N(Cc3ccc(C)cc3)C2=O)cc1. The monoisotopic (exact) mass is 324 g/mol. The molecule has 6 heteroatoms. The van der Waals surface area contributed by atoms with E-state index >= 15 is 0 Å². The van der Waals surface area contributed by atoms with E-state index in [0.29, 0.717) is 11.4 Å². The zero-order valence-electron chi connectivity index (χ0n) is 13.4. The molecule has 0 radical (unpaired) electrons. The fraction of sp³-hybridized carbons (Fsp3) is 0.167. The molecule has 6 nitrogen and oxygen atoms in total. The van der Waals surface area contributed by atoms with E-state index in [1.54, 1.807) is 24.3 Å². The second-order valence-corrected chi connectivity index (χ2v) is 5.50. The van der Waals surface area contributed by atoms with Gasteiger partial charge in [0, 0.05) is 0 Å². The number of nitrogens with zero attached hydrogens (tertiary/aromatic N) is 2. The van der Waals surface area contributed by atoms with E-state index in [-0.39, 0.29) is 6.54 Å². The smallest absolute Gasteiger partial charge is 0.339 e. The maximum Gasteiger partial charge on any atom is 0.339 e. The number of urea groups is 1. The molecule has 1 fully saturated rings. The standard InChI is InChI=1S/C18H16N2O4/c1-12-3-5-13(6-4-12)11-19-16(21)17(22)20(18(19)23)14-7-9-15(24-2)10-8-14/h3-10H,11H2,1-2H3. The second kappa shape index (κ2) is 6.16. The Morgan fingerprint density at radius 1 is 0.875 bits per heavy atom. The first-order valence-corrected chi connectivity index (χ1v) is 7.41. The number of aryl methyl sites for hydroxylation is 1. The van der Waals surface area contributed by atoms with Crippen LogP contribution >= 0.6 is 0 Å². The molecule has 1 saturated heterocycles. The molecule has 0 bridgehead atoms. The number of benzene rings is 2. The van der Waals surface area contributed by atoms with Crippen LogP contribution in [0.15, 0.2) is 48.5 Å². The normalized spacial score (nSPS) is 14.5. The van der Waals surface area contributed by atoms with Crippen LogP contribution in [0, 0.1) is 6.92 Å². The zero-order chi connectivity index (χ0) is 17.3. The number of amides is 4. The van der Waals surface area contributed by atoms with Crippen molar-refractivity contribution in [3.63, 3.8) is 0 Å². The molecule has 4 amide bonds. The van der Waals surface area contributed by atoms with Crippen molar-refractivity contribution in [3.8, 4) is 5.75 Å². The average Bonchev–Trinajstić information content (AvgIpc) is 2.80. The lowest BCUT2D eigenvalue weighted by Crippen LogP contribution is -2.33. The second-order valence-electron chi connectivity index (χ2n) is 5.50. The van der Waals surface area contributed by atoms with E-state index in [9.17, 15) is 14.4 Å². The first-order valence-electron chi connectivity index (χ1n) is 7.41. The molecule has 0 aromatic heterocycles. The first kappa shape index (κ1) is 15.7. The van der Waals surface area contributed by atoms with Crippen LogP contribution in [0.1, 0.15) is 11.1 Å². The van der Waals surface area contributed by atoms with Crippen LogP contribution in [0.2, 0.25) is 0 Å². The summed E-state index contributed by atoms with van der Waals surface area (Å²) in [6.07, 6.45) is 0. The minimum absolute atomic E-state index is 0.0658. The Kier molecular flexibility index (Phi) is 4.04. The zero-order valence-corrected chi connectivity index (χ0v) is 13.4. The third-order valence-corrected chi connectivity index (χ3v) is 3.85. The maximum atomic E-state index is 12.5. The van der Waals surface area contributed by atoms with Crippen LogP contribution in [-0.2, 0) is 16.1 Å². The van der Waals surface area contributed by atoms with Crippen LogP contribution in [0.3, 0.4) is 0 Å². The van der Waals surface area contributed by atoms with Gasteiger partial charge >= 0.3 is 17.8 Å². The molecule has 0 unspecified atom stereocenters. The van der Waals surface area contributed by atoms with Crippen molar-refractivity contribution >= 4 is 23.5 Å². The van der Waals surface area contributed by atoms with Gasteiger partial charge in [-0.05, 0) is 36.8 Å². The van der Waals surface area contributed by atoms with Gasteiger partial charge < -0.3 is 4.74 Å². The molecule has 0 aliphatic carbocycles. The quantitative estimate of drug-likeness (QED) is 0.640. The highest BCUT2D eigenvalue weighted by molar-refractivity contribution is 6.52. The highest BCUT2D eigenvalue weighted by atomic mass is 16.5. The Morgan fingerprint density at radius 2 is 1.50 bits per heavy atom. The van der Waals surface area contributed by atoms with Gasteiger partial charge in [-0.3, -0.25) is 14.5 Å². The van der Waals surface area contributed by atoms with Crippen LogP contribution < -0.4 is 9.64 Å². The van der Waals surface area contributed by atoms with Crippen molar-refractivity contribution in [2.24, 2.45) is 0 Å². The number of carbonyl (C=O) groups is 3. The number of carbonyl (C=O) groups excluding carboxylic acids is 3. The Labute approximate surface area is 139 Å². The summed E-state index contributed by atoms with van der Waals surface area (Å²) in [5, 5.41) is 0. The van der Waals surface area contributed by atoms with Crippen LogP contribution in [0.5, 0.6) is 5.75 Å². The molecular formula is C18H16N2O4. The molecule has 1 aliphatic heterocycles. The summed E-state index contributed by atoms with van der Waals surface area (Å²) in [5.74, 6) is -1.07. The van der Waals surface area contributed by atoms with Gasteiger partial charge in [0.05, 0.1) is 19.3 Å². The lowest BCUT2D eigenvalue weighted by Gasteiger charge is -2.16. The number of hydrogen-bond acceptors (Lipinski definition) is 4. The van der Waals surface area contributed by atoms with Crippen molar-refractivity contribution in [1.29, 1.82) is 0 Å². The van der Waals surface area contributed by atoms with Gasteiger partial charge in [-0.2, -0.15) is 0 Å². The third-order valence-electron chi connectivity index (χ3n) is 3.85. The van der Waals surface area contributed by atoms with E-state index in [1.165, 1.54) is 7.11 Å². The Bertz CT molecular complexity index is 797. The van der Waals surface area contributed by atoms with Gasteiger partial charge in [0.1, 0.15) is 5.75 Å². The molecule has 2 aromatic carbocycles. The summed E-state index contributed by atoms with van der Waals surface area (Å²) in [7, 11) is 1.52. The van der Waals surface area contributed by atoms with Gasteiger partial charge in [0.25, 0.3) is 0 Å². The van der Waals surface area contributed by atoms with E-state index in [4.69, 9.17) is 4.74 Å². The number of ether oxygens (including phenoxy) is 1. The number of methoxy groups -OCH3 is 1. The van der Waals surface area contributed by atoms with Gasteiger partial charge in [0.15, 0.2) is 0 Å². The van der Waals surface area contributed by atoms with Crippen LogP contribution in [0.25, 0.3) is 0 Å². The fourth-order valence-electron chi connectivity index (χ4n) is 2.48. The molecule has 2 aromatic rings. The Hall–Kier alpha value is -3.15. The molecular weight excluding hydrogens is 308 g/mol. The summed E-state index contributed by atoms with van der Waals surface area (Å²) in [6.45, 7) is 2.02. The molecule has 0 atom stereocenters. The highest BCUT2D eigenvalue weighted by Gasteiger charge is 2.45. The Balaban J connectivity index is 1.85. The minimum Gasteiger partial charge on any atom is -0.497 e. The highest BCUT2D eigenvalue weighted by Crippen LogP contribution is 2.25. The molecule has 122 valence electrons. The molecule has 0 N–H and O–H groups in total. The van der Waals surface area contributed by atoms with Crippen molar-refractivity contribution in [3.05, 3.63) is 59.7 Å². The Morgan fingerprint density at radius 3 is 2.08 bits per heavy atom. The van der Waals surface area contributed by atoms with E-state index in [0.717, 1.165) is 20.9 Å². The summed E-state index contributed by atoms with van der Waals surface area (Å²) in [5.41, 5.74) is 2.20. The molecule has 0 spiro atoms. The third kappa shape index (κ3) is 2.74. The van der Waals surface area contributed by atoms with Crippen LogP contribution in [-0.4, -0.2) is 29.9 Å². The molecule has 24 heavy (non-hydrogen) atoms. The molecule has 1 aliphatic rings. The van der Waals surface area contributed by atoms with Gasteiger partial charge in [0.2, 0.25) is 0 Å². The van der Waals surface area contributed by atoms with Crippen molar-refractivity contribution in [1.82, 2.24) is 4.90 Å². The number of imide groups is 2. The maximum absolute atomic E-state index is 12.5. The number of hydrogen-bond donors (Lipinski definition) is 0. The van der Waals surface area contributed by atoms with E-state index in [1.807, 2.05) is 31.2 Å². The lowest BCUT2D eigenvalue weighted by atomic mass is 10.1. The minimum atomic E-state index is -0.850. The van der Waals surface area contributed by atoms with Crippen molar-refractivity contribution in [2.45, 2.75) is 13.5 Å². The van der Waals surface area contributed by atoms with Gasteiger partial charge in [-0.25, -0.2) is 9.69 Å². The van der Waals surface area contributed by atoms with Crippen molar-refractivity contribution < 1.29 is 19.1 Å². The topological polar surface area (TPSA) is 66.9 Å². The number of rotatable bonds is 4. The predicted octanol–water partition coefficient (Wildman–Crippen LogP) is 2.50. The average molecular weight is 324 g/mol. The number of anilines is 1. The summed E-state index contributed by atoms with van der Waals surface area (Å²) in [4.78, 5) is 38.8. The van der Waals surface area contributed by atoms with Crippen LogP contribution in [0.4, 0.5) is 10.5 Å². The van der Waals surface area contributed by atoms with Gasteiger partial charge in [-0.1, -0.05) is 29.8 Å². The largest absolute Gasteiger partial charge is 0.497 e. The molecule has 1 heterocycles. The lowest BCUT2D eigenvalue weighted by molar-refractivity contribution is -0.139. The summed E-state index contributed by atoms with van der Waals surface area (Å²) < 4.78 is 5.05. The molecule has 0 saturated carbocycles.